The number of piperidine rings is 1. The lowest BCUT2D eigenvalue weighted by molar-refractivity contribution is 0.0951. The van der Waals surface area contributed by atoms with E-state index in [4.69, 9.17) is 4.42 Å². The van der Waals surface area contributed by atoms with E-state index < -0.39 is 0 Å². The molecule has 1 aromatic heterocycles. The van der Waals surface area contributed by atoms with E-state index in [-0.39, 0.29) is 5.78 Å². The van der Waals surface area contributed by atoms with Crippen LogP contribution < -0.4 is 0 Å². The highest BCUT2D eigenvalue weighted by molar-refractivity contribution is 5.93. The third kappa shape index (κ3) is 4.30. The minimum absolute atomic E-state index is 0.137. The summed E-state index contributed by atoms with van der Waals surface area (Å²) in [6.45, 7) is 3.74. The van der Waals surface area contributed by atoms with Gasteiger partial charge in [0.1, 0.15) is 0 Å². The van der Waals surface area contributed by atoms with Crippen LogP contribution in [0, 0.1) is 0 Å². The summed E-state index contributed by atoms with van der Waals surface area (Å²) in [6.07, 6.45) is 9.63. The van der Waals surface area contributed by atoms with Gasteiger partial charge in [0.15, 0.2) is 11.5 Å². The van der Waals surface area contributed by atoms with Crippen LogP contribution in [-0.2, 0) is 0 Å². The van der Waals surface area contributed by atoms with E-state index in [2.05, 4.69) is 4.90 Å². The molecule has 1 aromatic rings. The molecule has 3 nitrogen and oxygen atoms in total. The summed E-state index contributed by atoms with van der Waals surface area (Å²) in [4.78, 5) is 14.2. The third-order valence-corrected chi connectivity index (χ3v) is 3.62. The number of furan rings is 1. The van der Waals surface area contributed by atoms with E-state index in [0.717, 1.165) is 12.8 Å². The second-order valence-corrected chi connectivity index (χ2v) is 5.11. The Balaban J connectivity index is 1.52. The third-order valence-electron chi connectivity index (χ3n) is 3.62. The molecule has 0 unspecified atom stereocenters. The van der Waals surface area contributed by atoms with Gasteiger partial charge in [0.2, 0.25) is 0 Å². The Morgan fingerprint density at radius 2 is 2.00 bits per heavy atom. The van der Waals surface area contributed by atoms with Gasteiger partial charge < -0.3 is 9.32 Å². The molecule has 1 aliphatic rings. The van der Waals surface area contributed by atoms with E-state index in [9.17, 15) is 4.79 Å². The first-order valence-electron chi connectivity index (χ1n) is 7.15. The van der Waals surface area contributed by atoms with Crippen molar-refractivity contribution in [2.24, 2.45) is 0 Å². The van der Waals surface area contributed by atoms with Crippen molar-refractivity contribution >= 4 is 5.78 Å². The molecule has 0 bridgehead atoms. The lowest BCUT2D eigenvalue weighted by Gasteiger charge is -2.26. The van der Waals surface area contributed by atoms with Crippen LogP contribution in [0.4, 0.5) is 0 Å². The highest BCUT2D eigenvalue weighted by Crippen LogP contribution is 2.12. The second-order valence-electron chi connectivity index (χ2n) is 5.11. The number of Topliss-reactive ketones (excluding diaryl/α,β-unsaturated/α-hetero) is 1. The molecule has 1 saturated heterocycles. The maximum absolute atomic E-state index is 11.7. The van der Waals surface area contributed by atoms with E-state index in [1.807, 2.05) is 0 Å². The molecule has 0 atom stereocenters. The molecule has 0 aliphatic carbocycles. The van der Waals surface area contributed by atoms with E-state index in [1.165, 1.54) is 45.3 Å². The van der Waals surface area contributed by atoms with Gasteiger partial charge in [-0.25, -0.2) is 0 Å². The van der Waals surface area contributed by atoms with Crippen LogP contribution in [0.15, 0.2) is 22.8 Å². The van der Waals surface area contributed by atoms with Gasteiger partial charge in [-0.15, -0.1) is 0 Å². The molecule has 2 rings (SSSR count). The van der Waals surface area contributed by atoms with Gasteiger partial charge in [-0.2, -0.15) is 0 Å². The predicted molar refractivity (Wildman–Crippen MR) is 71.8 cm³/mol. The predicted octanol–water partition coefficient (Wildman–Crippen LogP) is 3.51. The van der Waals surface area contributed by atoms with E-state index >= 15 is 0 Å². The standard InChI is InChI=1S/C15H23NO2/c17-14(15-9-7-13-18-15)8-3-1-4-10-16-11-5-2-6-12-16/h7,9,13H,1-6,8,10-12H2. The summed E-state index contributed by atoms with van der Waals surface area (Å²) in [5.41, 5.74) is 0. The van der Waals surface area contributed by atoms with Gasteiger partial charge in [-0.1, -0.05) is 12.8 Å². The first kappa shape index (κ1) is 13.3. The van der Waals surface area contributed by atoms with Crippen LogP contribution in [0.25, 0.3) is 0 Å². The van der Waals surface area contributed by atoms with Crippen LogP contribution in [0.2, 0.25) is 0 Å². The Bertz CT molecular complexity index is 339. The highest BCUT2D eigenvalue weighted by Gasteiger charge is 2.10. The summed E-state index contributed by atoms with van der Waals surface area (Å²) < 4.78 is 5.09. The fourth-order valence-electron chi connectivity index (χ4n) is 2.54. The Labute approximate surface area is 109 Å². The number of carbonyl (C=O) groups excluding carboxylic acids is 1. The van der Waals surface area contributed by atoms with Gasteiger partial charge in [-0.05, 0) is 57.5 Å². The minimum atomic E-state index is 0.137. The Kier molecular flexibility index (Phi) is 5.46. The monoisotopic (exact) mass is 249 g/mol. The van der Waals surface area contributed by atoms with Crippen molar-refractivity contribution in [3.8, 4) is 0 Å². The molecule has 0 amide bonds. The number of ketones is 1. The summed E-state index contributed by atoms with van der Waals surface area (Å²) in [6, 6.07) is 3.51. The largest absolute Gasteiger partial charge is 0.461 e. The molecular weight excluding hydrogens is 226 g/mol. The molecule has 0 spiro atoms. The summed E-state index contributed by atoms with van der Waals surface area (Å²) in [7, 11) is 0. The molecule has 0 N–H and O–H groups in total. The molecule has 1 aliphatic heterocycles. The number of hydrogen-bond donors (Lipinski definition) is 0. The Hall–Kier alpha value is -1.09. The SMILES string of the molecule is O=C(CCCCCN1CCCCC1)c1ccco1. The average molecular weight is 249 g/mol. The van der Waals surface area contributed by atoms with Crippen LogP contribution >= 0.6 is 0 Å². The molecular formula is C15H23NO2. The number of hydrogen-bond acceptors (Lipinski definition) is 3. The van der Waals surface area contributed by atoms with E-state index in [1.54, 1.807) is 18.4 Å². The van der Waals surface area contributed by atoms with Gasteiger partial charge >= 0.3 is 0 Å². The maximum Gasteiger partial charge on any atom is 0.197 e. The first-order valence-corrected chi connectivity index (χ1v) is 7.15. The lowest BCUT2D eigenvalue weighted by Crippen LogP contribution is -2.30. The summed E-state index contributed by atoms with van der Waals surface area (Å²) >= 11 is 0. The molecule has 1 fully saturated rings. The highest BCUT2D eigenvalue weighted by atomic mass is 16.3. The smallest absolute Gasteiger partial charge is 0.197 e. The van der Waals surface area contributed by atoms with Crippen molar-refractivity contribution in [2.75, 3.05) is 19.6 Å². The van der Waals surface area contributed by atoms with E-state index in [0.29, 0.717) is 12.2 Å². The Morgan fingerprint density at radius 3 is 2.72 bits per heavy atom. The number of unbranched alkanes of at least 4 members (excludes halogenated alkanes) is 2. The van der Waals surface area contributed by atoms with Crippen molar-refractivity contribution in [1.82, 2.24) is 4.90 Å². The topological polar surface area (TPSA) is 33.5 Å². The summed E-state index contributed by atoms with van der Waals surface area (Å²) in [5, 5.41) is 0. The molecule has 0 radical (unpaired) electrons. The molecule has 3 heteroatoms. The minimum Gasteiger partial charge on any atom is -0.461 e. The molecule has 0 saturated carbocycles. The average Bonchev–Trinajstić information content (AvgIpc) is 2.93. The van der Waals surface area contributed by atoms with Crippen molar-refractivity contribution in [3.05, 3.63) is 24.2 Å². The van der Waals surface area contributed by atoms with Crippen LogP contribution in [0.3, 0.4) is 0 Å². The number of likely N-dealkylation sites (tertiary alicyclic amines) is 1. The van der Waals surface area contributed by atoms with Gasteiger partial charge in [-0.3, -0.25) is 4.79 Å². The molecule has 18 heavy (non-hydrogen) atoms. The van der Waals surface area contributed by atoms with Crippen LogP contribution in [0.5, 0.6) is 0 Å². The Morgan fingerprint density at radius 1 is 1.17 bits per heavy atom. The zero-order valence-corrected chi connectivity index (χ0v) is 11.1. The van der Waals surface area contributed by atoms with Crippen molar-refractivity contribution in [3.63, 3.8) is 0 Å². The van der Waals surface area contributed by atoms with Gasteiger partial charge in [0.05, 0.1) is 6.26 Å². The zero-order valence-electron chi connectivity index (χ0n) is 11.1. The van der Waals surface area contributed by atoms with Crippen molar-refractivity contribution < 1.29 is 9.21 Å². The molecule has 100 valence electrons. The first-order chi connectivity index (χ1) is 8.86. The quantitative estimate of drug-likeness (QED) is 0.547. The second kappa shape index (κ2) is 7.37. The number of nitrogens with zero attached hydrogens (tertiary/aromatic N) is 1. The zero-order chi connectivity index (χ0) is 12.6. The van der Waals surface area contributed by atoms with Crippen molar-refractivity contribution in [1.29, 1.82) is 0 Å². The fraction of sp³-hybridized carbons (Fsp3) is 0.667. The van der Waals surface area contributed by atoms with Gasteiger partial charge in [0.25, 0.3) is 0 Å². The van der Waals surface area contributed by atoms with Crippen LogP contribution in [0.1, 0.15) is 55.5 Å². The number of rotatable bonds is 7. The lowest BCUT2D eigenvalue weighted by atomic mass is 10.1. The molecule has 2 heterocycles. The molecule has 0 aromatic carbocycles. The van der Waals surface area contributed by atoms with Crippen LogP contribution in [-0.4, -0.2) is 30.3 Å². The van der Waals surface area contributed by atoms with Crippen molar-refractivity contribution in [2.45, 2.75) is 44.9 Å². The summed E-state index contributed by atoms with van der Waals surface area (Å²) in [5.74, 6) is 0.643. The fourth-order valence-corrected chi connectivity index (χ4v) is 2.54. The van der Waals surface area contributed by atoms with Gasteiger partial charge in [0, 0.05) is 6.42 Å². The maximum atomic E-state index is 11.7. The normalized spacial score (nSPS) is 16.9. The number of carbonyl (C=O) groups is 1.